The first-order valence-corrected chi connectivity index (χ1v) is 7.15. The summed E-state index contributed by atoms with van der Waals surface area (Å²) in [5, 5.41) is 8.89. The van der Waals surface area contributed by atoms with Gasteiger partial charge in [0.2, 0.25) is 0 Å². The molecular weight excluding hydrogens is 332 g/mol. The molecule has 4 nitrogen and oxygen atoms in total. The summed E-state index contributed by atoms with van der Waals surface area (Å²) >= 11 is 3.49. The average Bonchev–Trinajstić information content (AvgIpc) is 2.47. The summed E-state index contributed by atoms with van der Waals surface area (Å²) < 4.78 is 11.9. The second-order valence-electron chi connectivity index (χ2n) is 4.55. The predicted molar refractivity (Wildman–Crippen MR) is 84.5 cm³/mol. The highest BCUT2D eigenvalue weighted by molar-refractivity contribution is 9.10. The van der Waals surface area contributed by atoms with Gasteiger partial charge in [0.05, 0.1) is 18.7 Å². The molecule has 0 aliphatic heterocycles. The molecule has 0 radical (unpaired) electrons. The Bertz CT molecular complexity index is 693. The lowest BCUT2D eigenvalue weighted by atomic mass is 10.1. The van der Waals surface area contributed by atoms with Gasteiger partial charge in [-0.2, -0.15) is 5.26 Å². The summed E-state index contributed by atoms with van der Waals surface area (Å²) in [6, 6.07) is 12.7. The molecule has 2 rings (SSSR count). The molecule has 2 N–H and O–H groups in total. The molecule has 0 spiro atoms. The summed E-state index contributed by atoms with van der Waals surface area (Å²) in [5.41, 5.74) is 7.40. The maximum absolute atomic E-state index is 8.89. The van der Waals surface area contributed by atoms with Gasteiger partial charge < -0.3 is 15.2 Å². The number of nitriles is 1. The van der Waals surface area contributed by atoms with Crippen LogP contribution in [0.2, 0.25) is 0 Å². The molecule has 5 heteroatoms. The van der Waals surface area contributed by atoms with Crippen molar-refractivity contribution < 1.29 is 9.47 Å². The van der Waals surface area contributed by atoms with Gasteiger partial charge in [0, 0.05) is 16.6 Å². The van der Waals surface area contributed by atoms with Crippen LogP contribution in [0.1, 0.15) is 24.1 Å². The van der Waals surface area contributed by atoms with E-state index < -0.39 is 0 Å². The Kier molecular flexibility index (Phi) is 4.84. The van der Waals surface area contributed by atoms with Gasteiger partial charge in [0.15, 0.2) is 11.5 Å². The lowest BCUT2D eigenvalue weighted by Crippen LogP contribution is -2.05. The van der Waals surface area contributed by atoms with Crippen LogP contribution in [0.25, 0.3) is 0 Å². The Morgan fingerprint density at radius 1 is 1.19 bits per heavy atom. The van der Waals surface area contributed by atoms with E-state index in [0.29, 0.717) is 22.8 Å². The van der Waals surface area contributed by atoms with Crippen molar-refractivity contribution in [2.75, 3.05) is 7.11 Å². The van der Waals surface area contributed by atoms with E-state index in [1.54, 1.807) is 25.3 Å². The molecule has 108 valence electrons. The standard InChI is InChI=1S/C16H15BrN2O2/c1-10(19)13-5-4-12(8-14(13)17)21-15-6-3-11(9-18)7-16(15)20-2/h3-8,10H,19H2,1-2H3/t10-/m1/s1. The number of nitrogens with zero attached hydrogens (tertiary/aromatic N) is 1. The van der Waals surface area contributed by atoms with E-state index in [2.05, 4.69) is 22.0 Å². The van der Waals surface area contributed by atoms with E-state index in [-0.39, 0.29) is 6.04 Å². The van der Waals surface area contributed by atoms with Crippen LogP contribution in [0.15, 0.2) is 40.9 Å². The first-order valence-electron chi connectivity index (χ1n) is 6.36. The molecule has 0 aliphatic rings. The van der Waals surface area contributed by atoms with Crippen LogP contribution in [-0.4, -0.2) is 7.11 Å². The second kappa shape index (κ2) is 6.61. The molecule has 0 aromatic heterocycles. The maximum Gasteiger partial charge on any atom is 0.169 e. The van der Waals surface area contributed by atoms with Crippen LogP contribution in [0.5, 0.6) is 17.2 Å². The lowest BCUT2D eigenvalue weighted by molar-refractivity contribution is 0.378. The van der Waals surface area contributed by atoms with Crippen molar-refractivity contribution in [2.24, 2.45) is 5.73 Å². The highest BCUT2D eigenvalue weighted by Crippen LogP contribution is 2.34. The van der Waals surface area contributed by atoms with Crippen molar-refractivity contribution in [3.63, 3.8) is 0 Å². The number of ether oxygens (including phenoxy) is 2. The molecule has 0 fully saturated rings. The van der Waals surface area contributed by atoms with Gasteiger partial charge in [-0.25, -0.2) is 0 Å². The van der Waals surface area contributed by atoms with E-state index in [1.165, 1.54) is 0 Å². The molecule has 0 aliphatic carbocycles. The van der Waals surface area contributed by atoms with Crippen LogP contribution >= 0.6 is 15.9 Å². The Morgan fingerprint density at radius 3 is 2.52 bits per heavy atom. The van der Waals surface area contributed by atoms with E-state index in [1.807, 2.05) is 25.1 Å². The normalized spacial score (nSPS) is 11.6. The van der Waals surface area contributed by atoms with Crippen molar-refractivity contribution in [1.29, 1.82) is 5.26 Å². The summed E-state index contributed by atoms with van der Waals surface area (Å²) in [6.45, 7) is 1.92. The Balaban J connectivity index is 2.30. The molecule has 0 saturated carbocycles. The number of hydrogen-bond donors (Lipinski definition) is 1. The lowest BCUT2D eigenvalue weighted by Gasteiger charge is -2.13. The fourth-order valence-electron chi connectivity index (χ4n) is 1.89. The zero-order chi connectivity index (χ0) is 15.4. The average molecular weight is 347 g/mol. The van der Waals surface area contributed by atoms with Gasteiger partial charge in [-0.3, -0.25) is 0 Å². The fourth-order valence-corrected chi connectivity index (χ4v) is 2.61. The van der Waals surface area contributed by atoms with E-state index in [4.69, 9.17) is 20.5 Å². The summed E-state index contributed by atoms with van der Waals surface area (Å²) in [6.07, 6.45) is 0. The molecule has 0 bridgehead atoms. The summed E-state index contributed by atoms with van der Waals surface area (Å²) in [5.74, 6) is 1.73. The smallest absolute Gasteiger partial charge is 0.169 e. The largest absolute Gasteiger partial charge is 0.493 e. The molecule has 1 atom stereocenters. The molecule has 0 heterocycles. The molecular formula is C16H15BrN2O2. The van der Waals surface area contributed by atoms with Crippen LogP contribution in [-0.2, 0) is 0 Å². The van der Waals surface area contributed by atoms with Crippen LogP contribution < -0.4 is 15.2 Å². The van der Waals surface area contributed by atoms with Crippen LogP contribution in [0, 0.1) is 11.3 Å². The van der Waals surface area contributed by atoms with Gasteiger partial charge in [-0.1, -0.05) is 22.0 Å². The third-order valence-electron chi connectivity index (χ3n) is 2.98. The summed E-state index contributed by atoms with van der Waals surface area (Å²) in [7, 11) is 1.54. The third-order valence-corrected chi connectivity index (χ3v) is 3.67. The van der Waals surface area contributed by atoms with Gasteiger partial charge in [0.25, 0.3) is 0 Å². The van der Waals surface area contributed by atoms with Crippen molar-refractivity contribution in [1.82, 2.24) is 0 Å². The third kappa shape index (κ3) is 3.54. The minimum Gasteiger partial charge on any atom is -0.493 e. The van der Waals surface area contributed by atoms with Crippen molar-refractivity contribution in [3.05, 3.63) is 52.0 Å². The predicted octanol–water partition coefficient (Wildman–Crippen LogP) is 4.14. The molecule has 0 unspecified atom stereocenters. The van der Waals surface area contributed by atoms with Gasteiger partial charge in [0.1, 0.15) is 5.75 Å². The first kappa shape index (κ1) is 15.4. The number of benzene rings is 2. The SMILES string of the molecule is COc1cc(C#N)ccc1Oc1ccc([C@@H](C)N)c(Br)c1. The minimum atomic E-state index is -0.0575. The molecule has 0 amide bonds. The molecule has 0 saturated heterocycles. The van der Waals surface area contributed by atoms with Crippen LogP contribution in [0.3, 0.4) is 0 Å². The van der Waals surface area contributed by atoms with E-state index in [9.17, 15) is 0 Å². The van der Waals surface area contributed by atoms with Gasteiger partial charge >= 0.3 is 0 Å². The fraction of sp³-hybridized carbons (Fsp3) is 0.188. The van der Waals surface area contributed by atoms with Gasteiger partial charge in [-0.05, 0) is 36.8 Å². The number of rotatable bonds is 4. The molecule has 2 aromatic carbocycles. The number of methoxy groups -OCH3 is 1. The van der Waals surface area contributed by atoms with Gasteiger partial charge in [-0.15, -0.1) is 0 Å². The summed E-state index contributed by atoms with van der Waals surface area (Å²) in [4.78, 5) is 0. The first-order chi connectivity index (χ1) is 10.0. The number of nitrogens with two attached hydrogens (primary N) is 1. The Labute approximate surface area is 132 Å². The van der Waals surface area contributed by atoms with Crippen molar-refractivity contribution >= 4 is 15.9 Å². The van der Waals surface area contributed by atoms with E-state index in [0.717, 1.165) is 10.0 Å². The number of halogens is 1. The topological polar surface area (TPSA) is 68.3 Å². The molecule has 21 heavy (non-hydrogen) atoms. The number of hydrogen-bond acceptors (Lipinski definition) is 4. The van der Waals surface area contributed by atoms with Crippen molar-refractivity contribution in [2.45, 2.75) is 13.0 Å². The zero-order valence-corrected chi connectivity index (χ0v) is 13.3. The van der Waals surface area contributed by atoms with Crippen LogP contribution in [0.4, 0.5) is 0 Å². The molecule has 2 aromatic rings. The van der Waals surface area contributed by atoms with Crippen molar-refractivity contribution in [3.8, 4) is 23.3 Å². The Morgan fingerprint density at radius 2 is 1.95 bits per heavy atom. The van der Waals surface area contributed by atoms with E-state index >= 15 is 0 Å². The highest BCUT2D eigenvalue weighted by Gasteiger charge is 2.10. The highest BCUT2D eigenvalue weighted by atomic mass is 79.9. The minimum absolute atomic E-state index is 0.0575. The quantitative estimate of drug-likeness (QED) is 0.902. The Hall–Kier alpha value is -2.03. The maximum atomic E-state index is 8.89. The monoisotopic (exact) mass is 346 g/mol. The zero-order valence-electron chi connectivity index (χ0n) is 11.8. The second-order valence-corrected chi connectivity index (χ2v) is 5.41.